The topological polar surface area (TPSA) is 52.1 Å². The minimum Gasteiger partial charge on any atom is -0.465 e. The molecule has 0 aliphatic carbocycles. The van der Waals surface area contributed by atoms with Crippen molar-refractivity contribution in [3.8, 4) is 10.7 Å². The highest BCUT2D eigenvalue weighted by Crippen LogP contribution is 2.31. The summed E-state index contributed by atoms with van der Waals surface area (Å²) in [6.07, 6.45) is 1.83. The van der Waals surface area contributed by atoms with Crippen molar-refractivity contribution in [1.82, 2.24) is 9.97 Å². The lowest BCUT2D eigenvalue weighted by atomic mass is 9.90. The van der Waals surface area contributed by atoms with Crippen molar-refractivity contribution >= 4 is 17.3 Å². The number of aromatic nitrogens is 2. The Bertz CT molecular complexity index is 662. The standard InChI is InChI=1S/C16H20N2O2S/c1-6-20-15(19)16(4,5)12-9-21-14(18-12)13-11(3)7-10(2)8-17-13/h7-9H,6H2,1-5H3. The Balaban J connectivity index is 2.35. The molecule has 0 amide bonds. The van der Waals surface area contributed by atoms with Crippen LogP contribution in [0.25, 0.3) is 10.7 Å². The lowest BCUT2D eigenvalue weighted by Gasteiger charge is -2.19. The van der Waals surface area contributed by atoms with Gasteiger partial charge in [-0.3, -0.25) is 9.78 Å². The fraction of sp³-hybridized carbons (Fsp3) is 0.438. The first-order valence-electron chi connectivity index (χ1n) is 6.93. The van der Waals surface area contributed by atoms with Crippen LogP contribution in [0.5, 0.6) is 0 Å². The maximum Gasteiger partial charge on any atom is 0.317 e. The van der Waals surface area contributed by atoms with Gasteiger partial charge in [0, 0.05) is 11.6 Å². The van der Waals surface area contributed by atoms with E-state index < -0.39 is 5.41 Å². The molecule has 0 spiro atoms. The zero-order chi connectivity index (χ0) is 15.6. The van der Waals surface area contributed by atoms with Crippen LogP contribution in [0.4, 0.5) is 0 Å². The first-order valence-corrected chi connectivity index (χ1v) is 7.81. The lowest BCUT2D eigenvalue weighted by molar-refractivity contribution is -0.148. The van der Waals surface area contributed by atoms with Crippen LogP contribution in [0.3, 0.4) is 0 Å². The van der Waals surface area contributed by atoms with Crippen LogP contribution in [0.2, 0.25) is 0 Å². The quantitative estimate of drug-likeness (QED) is 0.809. The van der Waals surface area contributed by atoms with E-state index in [1.165, 1.54) is 11.3 Å². The maximum absolute atomic E-state index is 12.0. The third-order valence-electron chi connectivity index (χ3n) is 3.35. The summed E-state index contributed by atoms with van der Waals surface area (Å²) < 4.78 is 5.13. The van der Waals surface area contributed by atoms with Crippen LogP contribution in [-0.2, 0) is 14.9 Å². The fourth-order valence-electron chi connectivity index (χ4n) is 2.02. The normalized spacial score (nSPS) is 11.5. The summed E-state index contributed by atoms with van der Waals surface area (Å²) in [5.41, 5.74) is 3.06. The second-order valence-electron chi connectivity index (χ2n) is 5.56. The second-order valence-corrected chi connectivity index (χ2v) is 6.42. The summed E-state index contributed by atoms with van der Waals surface area (Å²) in [7, 11) is 0. The van der Waals surface area contributed by atoms with Gasteiger partial charge in [0.2, 0.25) is 0 Å². The van der Waals surface area contributed by atoms with Gasteiger partial charge in [-0.2, -0.15) is 0 Å². The number of rotatable bonds is 4. The Morgan fingerprint density at radius 2 is 2.10 bits per heavy atom. The zero-order valence-electron chi connectivity index (χ0n) is 13.1. The molecule has 0 saturated carbocycles. The van der Waals surface area contributed by atoms with Gasteiger partial charge in [-0.15, -0.1) is 11.3 Å². The number of pyridine rings is 1. The van der Waals surface area contributed by atoms with E-state index in [1.54, 1.807) is 6.92 Å². The van der Waals surface area contributed by atoms with Crippen molar-refractivity contribution < 1.29 is 9.53 Å². The average Bonchev–Trinajstić information content (AvgIpc) is 2.89. The molecule has 112 valence electrons. The van der Waals surface area contributed by atoms with E-state index in [0.717, 1.165) is 27.5 Å². The fourth-order valence-corrected chi connectivity index (χ4v) is 3.07. The van der Waals surface area contributed by atoms with Gasteiger partial charge >= 0.3 is 5.97 Å². The molecule has 2 aromatic rings. The molecule has 4 nitrogen and oxygen atoms in total. The van der Waals surface area contributed by atoms with Gasteiger partial charge in [-0.05, 0) is 45.7 Å². The van der Waals surface area contributed by atoms with E-state index in [9.17, 15) is 4.79 Å². The van der Waals surface area contributed by atoms with E-state index in [-0.39, 0.29) is 5.97 Å². The molecule has 0 N–H and O–H groups in total. The third kappa shape index (κ3) is 3.13. The molecule has 2 aromatic heterocycles. The summed E-state index contributed by atoms with van der Waals surface area (Å²) in [6, 6.07) is 2.08. The van der Waals surface area contributed by atoms with Crippen molar-refractivity contribution in [1.29, 1.82) is 0 Å². The van der Waals surface area contributed by atoms with Gasteiger partial charge in [-0.1, -0.05) is 6.07 Å². The van der Waals surface area contributed by atoms with Crippen LogP contribution in [-0.4, -0.2) is 22.5 Å². The summed E-state index contributed by atoms with van der Waals surface area (Å²) in [4.78, 5) is 21.1. The van der Waals surface area contributed by atoms with Gasteiger partial charge in [0.15, 0.2) is 0 Å². The predicted molar refractivity (Wildman–Crippen MR) is 84.5 cm³/mol. The molecule has 2 heterocycles. The number of ether oxygens (including phenoxy) is 1. The Morgan fingerprint density at radius 1 is 1.38 bits per heavy atom. The van der Waals surface area contributed by atoms with E-state index in [4.69, 9.17) is 4.74 Å². The number of esters is 1. The molecule has 0 atom stereocenters. The van der Waals surface area contributed by atoms with Crippen molar-refractivity contribution in [3.63, 3.8) is 0 Å². The molecule has 0 aromatic carbocycles. The second kappa shape index (κ2) is 5.93. The van der Waals surface area contributed by atoms with Gasteiger partial charge in [0.25, 0.3) is 0 Å². The molecule has 0 bridgehead atoms. The van der Waals surface area contributed by atoms with E-state index in [2.05, 4.69) is 16.0 Å². The first-order chi connectivity index (χ1) is 9.86. The molecule has 5 heteroatoms. The highest BCUT2D eigenvalue weighted by Gasteiger charge is 2.34. The van der Waals surface area contributed by atoms with E-state index in [1.807, 2.05) is 39.3 Å². The molecule has 0 radical (unpaired) electrons. The molecule has 0 unspecified atom stereocenters. The zero-order valence-corrected chi connectivity index (χ0v) is 13.9. The highest BCUT2D eigenvalue weighted by molar-refractivity contribution is 7.13. The van der Waals surface area contributed by atoms with Crippen LogP contribution >= 0.6 is 11.3 Å². The number of carbonyl (C=O) groups is 1. The number of nitrogens with zero attached hydrogens (tertiary/aromatic N) is 2. The van der Waals surface area contributed by atoms with Gasteiger partial charge in [0.05, 0.1) is 12.3 Å². The van der Waals surface area contributed by atoms with E-state index in [0.29, 0.717) is 6.61 Å². The maximum atomic E-state index is 12.0. The average molecular weight is 304 g/mol. The summed E-state index contributed by atoms with van der Waals surface area (Å²) >= 11 is 1.50. The van der Waals surface area contributed by atoms with Crippen LogP contribution in [0.15, 0.2) is 17.6 Å². The molecular weight excluding hydrogens is 284 g/mol. The Labute approximate surface area is 129 Å². The van der Waals surface area contributed by atoms with Crippen molar-refractivity contribution in [2.24, 2.45) is 0 Å². The summed E-state index contributed by atoms with van der Waals surface area (Å²) in [5, 5.41) is 2.74. The molecule has 0 aliphatic heterocycles. The smallest absolute Gasteiger partial charge is 0.317 e. The molecule has 2 rings (SSSR count). The van der Waals surface area contributed by atoms with Crippen LogP contribution in [0.1, 0.15) is 37.6 Å². The number of hydrogen-bond donors (Lipinski definition) is 0. The predicted octanol–water partition coefficient (Wildman–Crippen LogP) is 3.66. The van der Waals surface area contributed by atoms with Gasteiger partial charge < -0.3 is 4.74 Å². The van der Waals surface area contributed by atoms with Crippen LogP contribution in [0, 0.1) is 13.8 Å². The third-order valence-corrected chi connectivity index (χ3v) is 4.20. The minimum absolute atomic E-state index is 0.254. The van der Waals surface area contributed by atoms with Crippen LogP contribution < -0.4 is 0 Å². The van der Waals surface area contributed by atoms with Gasteiger partial charge in [-0.25, -0.2) is 4.98 Å². The minimum atomic E-state index is -0.747. The molecule has 0 aliphatic rings. The summed E-state index contributed by atoms with van der Waals surface area (Å²) in [6.45, 7) is 9.88. The van der Waals surface area contributed by atoms with Crippen molar-refractivity contribution in [3.05, 3.63) is 34.5 Å². The first kappa shape index (κ1) is 15.6. The largest absolute Gasteiger partial charge is 0.465 e. The van der Waals surface area contributed by atoms with Crippen molar-refractivity contribution in [2.45, 2.75) is 40.0 Å². The Kier molecular flexibility index (Phi) is 4.42. The number of thiazole rings is 1. The highest BCUT2D eigenvalue weighted by atomic mass is 32.1. The number of aryl methyl sites for hydroxylation is 2. The SMILES string of the molecule is CCOC(=O)C(C)(C)c1csc(-c2ncc(C)cc2C)n1. The molecular formula is C16H20N2O2S. The summed E-state index contributed by atoms with van der Waals surface area (Å²) in [5.74, 6) is -0.254. The molecule has 0 fully saturated rings. The Morgan fingerprint density at radius 3 is 2.71 bits per heavy atom. The monoisotopic (exact) mass is 304 g/mol. The number of hydrogen-bond acceptors (Lipinski definition) is 5. The molecule has 0 saturated heterocycles. The van der Waals surface area contributed by atoms with E-state index >= 15 is 0 Å². The lowest BCUT2D eigenvalue weighted by Crippen LogP contribution is -2.31. The van der Waals surface area contributed by atoms with Crippen molar-refractivity contribution in [2.75, 3.05) is 6.61 Å². The Hall–Kier alpha value is -1.75. The number of carbonyl (C=O) groups excluding carboxylic acids is 1. The van der Waals surface area contributed by atoms with Gasteiger partial charge in [0.1, 0.15) is 16.1 Å². The molecule has 21 heavy (non-hydrogen) atoms.